The van der Waals surface area contributed by atoms with Gasteiger partial charge in [0.2, 0.25) is 0 Å². The summed E-state index contributed by atoms with van der Waals surface area (Å²) in [5, 5.41) is 10.7. The first-order valence-corrected chi connectivity index (χ1v) is 11.2. The number of hydrogen-bond donors (Lipinski definition) is 2. The maximum absolute atomic E-state index is 13.5. The van der Waals surface area contributed by atoms with E-state index in [9.17, 15) is 9.59 Å². The van der Waals surface area contributed by atoms with Gasteiger partial charge in [-0.15, -0.1) is 0 Å². The van der Waals surface area contributed by atoms with E-state index in [2.05, 4.69) is 25.4 Å². The summed E-state index contributed by atoms with van der Waals surface area (Å²) in [7, 11) is 5.64. The molecule has 0 bridgehead atoms. The minimum absolute atomic E-state index is 0.163. The number of aromatic amines is 1. The molecule has 3 heterocycles. The number of aromatic nitrogens is 3. The van der Waals surface area contributed by atoms with E-state index >= 15 is 0 Å². The average molecular weight is 462 g/mol. The van der Waals surface area contributed by atoms with Gasteiger partial charge in [-0.3, -0.25) is 19.8 Å². The third-order valence-corrected chi connectivity index (χ3v) is 6.25. The molecule has 9 nitrogen and oxygen atoms in total. The van der Waals surface area contributed by atoms with Crippen molar-refractivity contribution in [1.29, 1.82) is 0 Å². The first kappa shape index (κ1) is 23.4. The number of nitrogens with zero attached hydrogens (tertiary/aromatic N) is 5. The second kappa shape index (κ2) is 9.26. The lowest BCUT2D eigenvalue weighted by Gasteiger charge is -2.34. The van der Waals surface area contributed by atoms with Crippen molar-refractivity contribution in [1.82, 2.24) is 30.3 Å². The number of carbonyl (C=O) groups is 2. The maximum atomic E-state index is 13.5. The van der Waals surface area contributed by atoms with Gasteiger partial charge in [0, 0.05) is 25.4 Å². The van der Waals surface area contributed by atoms with Crippen LogP contribution in [0, 0.1) is 0 Å². The van der Waals surface area contributed by atoms with Crippen LogP contribution in [0.2, 0.25) is 0 Å². The molecular formula is C25H31N7O2. The molecule has 9 heteroatoms. The molecule has 0 spiro atoms. The van der Waals surface area contributed by atoms with Gasteiger partial charge in [-0.1, -0.05) is 36.4 Å². The maximum Gasteiger partial charge on any atom is 0.319 e. The molecule has 1 aromatic carbocycles. The Kier molecular flexibility index (Phi) is 6.39. The summed E-state index contributed by atoms with van der Waals surface area (Å²) < 4.78 is 0. The van der Waals surface area contributed by atoms with Crippen LogP contribution in [0.4, 0.5) is 10.6 Å². The molecule has 2 N–H and O–H groups in total. The Balaban J connectivity index is 1.56. The lowest BCUT2D eigenvalue weighted by molar-refractivity contribution is 0.0987. The number of carbonyl (C=O) groups excluding carboxylic acids is 2. The molecule has 178 valence electrons. The van der Waals surface area contributed by atoms with Crippen LogP contribution in [-0.2, 0) is 12.1 Å². The first-order chi connectivity index (χ1) is 16.2. The Labute approximate surface area is 199 Å². The minimum Gasteiger partial charge on any atom is -0.330 e. The zero-order chi connectivity index (χ0) is 24.5. The molecule has 3 amide bonds. The van der Waals surface area contributed by atoms with Gasteiger partial charge in [-0.25, -0.2) is 4.79 Å². The number of pyridine rings is 1. The minimum atomic E-state index is -0.626. The van der Waals surface area contributed by atoms with E-state index in [1.165, 1.54) is 4.90 Å². The number of benzene rings is 1. The zero-order valence-corrected chi connectivity index (χ0v) is 20.2. The lowest BCUT2D eigenvalue weighted by Crippen LogP contribution is -2.48. The van der Waals surface area contributed by atoms with Gasteiger partial charge in [0.15, 0.2) is 5.82 Å². The van der Waals surface area contributed by atoms with Crippen LogP contribution < -0.4 is 10.2 Å². The summed E-state index contributed by atoms with van der Waals surface area (Å²) in [6, 6.07) is 14.8. The summed E-state index contributed by atoms with van der Waals surface area (Å²) in [5.41, 5.74) is 2.41. The Morgan fingerprint density at radius 1 is 1.12 bits per heavy atom. The highest BCUT2D eigenvalue weighted by atomic mass is 16.2. The molecule has 34 heavy (non-hydrogen) atoms. The van der Waals surface area contributed by atoms with Crippen molar-refractivity contribution in [2.75, 3.05) is 32.6 Å². The standard InChI is InChI=1S/C25H31N7O2/c1-25(2)21-18(22(29-28-21)31(5)23(33)19-13-9-10-14-26-19)15-32(25)24(34)27-20(16-30(3)4)17-11-7-6-8-12-17/h6-14,20H,15-16H2,1-5H3,(H,27,34)(H,28,29)/t20-/m1/s1. The molecule has 0 saturated heterocycles. The van der Waals surface area contributed by atoms with Crippen molar-refractivity contribution in [2.45, 2.75) is 32.0 Å². The van der Waals surface area contributed by atoms with Gasteiger partial charge in [-0.2, -0.15) is 5.10 Å². The van der Waals surface area contributed by atoms with Crippen LogP contribution >= 0.6 is 0 Å². The number of rotatable bonds is 6. The summed E-state index contributed by atoms with van der Waals surface area (Å²) >= 11 is 0. The molecule has 1 atom stereocenters. The first-order valence-electron chi connectivity index (χ1n) is 11.2. The van der Waals surface area contributed by atoms with Gasteiger partial charge in [0.05, 0.1) is 23.8 Å². The number of likely N-dealkylation sites (N-methyl/N-ethyl adjacent to an activating group) is 1. The Hall–Kier alpha value is -3.72. The molecule has 0 radical (unpaired) electrons. The third-order valence-electron chi connectivity index (χ3n) is 6.25. The van der Waals surface area contributed by atoms with Crippen molar-refractivity contribution in [2.24, 2.45) is 0 Å². The van der Waals surface area contributed by atoms with Crippen LogP contribution in [-0.4, -0.2) is 64.6 Å². The SMILES string of the molecule is CN(C)C[C@@H](NC(=O)N1Cc2c(N(C)C(=O)c3ccccn3)n[nH]c2C1(C)C)c1ccccc1. The smallest absolute Gasteiger partial charge is 0.319 e. The van der Waals surface area contributed by atoms with Gasteiger partial charge < -0.3 is 15.1 Å². The van der Waals surface area contributed by atoms with E-state index in [0.717, 1.165) is 16.8 Å². The van der Waals surface area contributed by atoms with Gasteiger partial charge in [0.25, 0.3) is 5.91 Å². The molecule has 0 aliphatic carbocycles. The highest BCUT2D eigenvalue weighted by Gasteiger charge is 2.45. The fourth-order valence-corrected chi connectivity index (χ4v) is 4.37. The molecule has 3 aromatic rings. The van der Waals surface area contributed by atoms with Crippen LogP contribution in [0.3, 0.4) is 0 Å². The molecule has 0 fully saturated rings. The third kappa shape index (κ3) is 4.38. The quantitative estimate of drug-likeness (QED) is 0.588. The Morgan fingerprint density at radius 2 is 1.82 bits per heavy atom. The summed E-state index contributed by atoms with van der Waals surface area (Å²) in [5.74, 6) is 0.243. The fraction of sp³-hybridized carbons (Fsp3) is 0.360. The molecule has 4 rings (SSSR count). The van der Waals surface area contributed by atoms with E-state index in [-0.39, 0.29) is 18.0 Å². The number of urea groups is 1. The van der Waals surface area contributed by atoms with Crippen LogP contribution in [0.25, 0.3) is 0 Å². The van der Waals surface area contributed by atoms with Crippen LogP contribution in [0.15, 0.2) is 54.7 Å². The summed E-state index contributed by atoms with van der Waals surface area (Å²) in [4.78, 5) is 35.9. The second-order valence-electron chi connectivity index (χ2n) is 9.30. The van der Waals surface area contributed by atoms with Crippen molar-refractivity contribution in [3.05, 3.63) is 77.2 Å². The van der Waals surface area contributed by atoms with Gasteiger partial charge in [0.1, 0.15) is 5.69 Å². The zero-order valence-electron chi connectivity index (χ0n) is 20.2. The van der Waals surface area contributed by atoms with Crippen LogP contribution in [0.1, 0.15) is 47.2 Å². The van der Waals surface area contributed by atoms with Crippen LogP contribution in [0.5, 0.6) is 0 Å². The van der Waals surface area contributed by atoms with Crippen molar-refractivity contribution in [3.63, 3.8) is 0 Å². The fourth-order valence-electron chi connectivity index (χ4n) is 4.37. The Morgan fingerprint density at radius 3 is 2.47 bits per heavy atom. The molecule has 2 aromatic heterocycles. The van der Waals surface area contributed by atoms with E-state index in [1.807, 2.05) is 58.3 Å². The van der Waals surface area contributed by atoms with Crippen molar-refractivity contribution >= 4 is 17.8 Å². The number of hydrogen-bond acceptors (Lipinski definition) is 5. The Bertz CT molecular complexity index is 1160. The monoisotopic (exact) mass is 461 g/mol. The predicted molar refractivity (Wildman–Crippen MR) is 130 cm³/mol. The number of fused-ring (bicyclic) bond motifs is 1. The highest BCUT2D eigenvalue weighted by Crippen LogP contribution is 2.41. The van der Waals surface area contributed by atoms with E-state index in [1.54, 1.807) is 36.3 Å². The summed E-state index contributed by atoms with van der Waals surface area (Å²) in [6.07, 6.45) is 1.59. The van der Waals surface area contributed by atoms with E-state index < -0.39 is 5.54 Å². The van der Waals surface area contributed by atoms with Crippen molar-refractivity contribution in [3.8, 4) is 0 Å². The molecule has 1 aliphatic rings. The number of amides is 3. The van der Waals surface area contributed by atoms with E-state index in [4.69, 9.17) is 0 Å². The number of H-pyrrole nitrogens is 1. The van der Waals surface area contributed by atoms with E-state index in [0.29, 0.717) is 24.6 Å². The topological polar surface area (TPSA) is 97.5 Å². The lowest BCUT2D eigenvalue weighted by atomic mass is 10.0. The second-order valence-corrected chi connectivity index (χ2v) is 9.30. The predicted octanol–water partition coefficient (Wildman–Crippen LogP) is 3.14. The summed E-state index contributed by atoms with van der Waals surface area (Å²) in [6.45, 7) is 4.96. The number of anilines is 1. The number of nitrogens with one attached hydrogen (secondary N) is 2. The average Bonchev–Trinajstić information content (AvgIpc) is 3.37. The largest absolute Gasteiger partial charge is 0.330 e. The van der Waals surface area contributed by atoms with Gasteiger partial charge >= 0.3 is 6.03 Å². The molecule has 0 saturated carbocycles. The molecule has 1 aliphatic heterocycles. The molecular weight excluding hydrogens is 430 g/mol. The van der Waals surface area contributed by atoms with Crippen molar-refractivity contribution < 1.29 is 9.59 Å². The molecule has 0 unspecified atom stereocenters. The highest BCUT2D eigenvalue weighted by molar-refractivity contribution is 6.04. The normalized spacial score (nSPS) is 15.2. The van der Waals surface area contributed by atoms with Gasteiger partial charge in [-0.05, 0) is 45.6 Å².